The van der Waals surface area contributed by atoms with E-state index in [4.69, 9.17) is 9.26 Å². The van der Waals surface area contributed by atoms with Crippen LogP contribution in [0.15, 0.2) is 22.7 Å². The molecule has 0 amide bonds. The Labute approximate surface area is 125 Å². The number of hydrogen-bond acceptors (Lipinski definition) is 5. The Morgan fingerprint density at radius 1 is 1.33 bits per heavy atom. The largest absolute Gasteiger partial charge is 0.485 e. The third kappa shape index (κ3) is 4.56. The van der Waals surface area contributed by atoms with Gasteiger partial charge in [-0.05, 0) is 13.0 Å². The summed E-state index contributed by atoms with van der Waals surface area (Å²) in [6, 6.07) is 6.61. The first-order valence-corrected chi connectivity index (χ1v) is 7.35. The molecule has 1 N–H and O–H groups in total. The van der Waals surface area contributed by atoms with Crippen molar-refractivity contribution in [2.45, 2.75) is 53.3 Å². The monoisotopic (exact) mass is 289 g/mol. The van der Waals surface area contributed by atoms with Crippen LogP contribution in [0.4, 0.5) is 0 Å². The van der Waals surface area contributed by atoms with Crippen LogP contribution >= 0.6 is 0 Å². The summed E-state index contributed by atoms with van der Waals surface area (Å²) in [6.45, 7) is 9.41. The number of aromatic nitrogens is 2. The third-order valence-corrected chi connectivity index (χ3v) is 3.09. The van der Waals surface area contributed by atoms with Crippen LogP contribution in [-0.4, -0.2) is 16.2 Å². The van der Waals surface area contributed by atoms with Gasteiger partial charge in [0, 0.05) is 24.6 Å². The predicted octanol–water partition coefficient (Wildman–Crippen LogP) is 3.02. The van der Waals surface area contributed by atoms with Crippen LogP contribution in [0.3, 0.4) is 0 Å². The number of hydrogen-bond donors (Lipinski definition) is 1. The van der Waals surface area contributed by atoms with Crippen molar-refractivity contribution >= 4 is 0 Å². The Hall–Kier alpha value is -1.88. The molecule has 0 saturated carbocycles. The lowest BCUT2D eigenvalue weighted by Gasteiger charge is -2.13. The molecule has 0 aliphatic carbocycles. The SMILES string of the molecule is CCc1nc(COc2ccc(C)cc2CNC(C)C)no1. The van der Waals surface area contributed by atoms with Crippen LogP contribution in [0.25, 0.3) is 0 Å². The number of ether oxygens (including phenoxy) is 1. The zero-order chi connectivity index (χ0) is 15.2. The van der Waals surface area contributed by atoms with Crippen LogP contribution in [0, 0.1) is 6.92 Å². The Morgan fingerprint density at radius 3 is 2.81 bits per heavy atom. The van der Waals surface area contributed by atoms with Crippen LogP contribution in [-0.2, 0) is 19.6 Å². The topological polar surface area (TPSA) is 60.2 Å². The van der Waals surface area contributed by atoms with E-state index in [1.54, 1.807) is 0 Å². The van der Waals surface area contributed by atoms with Crippen molar-refractivity contribution in [3.05, 3.63) is 41.0 Å². The lowest BCUT2D eigenvalue weighted by molar-refractivity contribution is 0.281. The van der Waals surface area contributed by atoms with E-state index in [9.17, 15) is 0 Å². The van der Waals surface area contributed by atoms with Gasteiger partial charge in [0.15, 0.2) is 6.61 Å². The highest BCUT2D eigenvalue weighted by molar-refractivity contribution is 5.36. The smallest absolute Gasteiger partial charge is 0.226 e. The molecule has 1 heterocycles. The van der Waals surface area contributed by atoms with Gasteiger partial charge in [-0.2, -0.15) is 4.98 Å². The first kappa shape index (κ1) is 15.5. The molecule has 1 aromatic heterocycles. The standard InChI is InChI=1S/C16H23N3O2/c1-5-16-18-15(19-21-16)10-20-14-7-6-12(4)8-13(14)9-17-11(2)3/h6-8,11,17H,5,9-10H2,1-4H3. The van der Waals surface area contributed by atoms with Crippen molar-refractivity contribution in [1.29, 1.82) is 0 Å². The van der Waals surface area contributed by atoms with Crippen molar-refractivity contribution < 1.29 is 9.26 Å². The first-order valence-electron chi connectivity index (χ1n) is 7.35. The molecule has 1 aromatic carbocycles. The average Bonchev–Trinajstić information content (AvgIpc) is 2.92. The van der Waals surface area contributed by atoms with Crippen LogP contribution < -0.4 is 10.1 Å². The minimum absolute atomic E-state index is 0.321. The van der Waals surface area contributed by atoms with E-state index in [-0.39, 0.29) is 0 Å². The lowest BCUT2D eigenvalue weighted by Crippen LogP contribution is -2.22. The zero-order valence-electron chi connectivity index (χ0n) is 13.1. The van der Waals surface area contributed by atoms with E-state index < -0.39 is 0 Å². The summed E-state index contributed by atoms with van der Waals surface area (Å²) in [5, 5.41) is 7.31. The number of aryl methyl sites for hydroxylation is 2. The molecular formula is C16H23N3O2. The molecule has 0 fully saturated rings. The summed E-state index contributed by atoms with van der Waals surface area (Å²) in [6.07, 6.45) is 0.737. The average molecular weight is 289 g/mol. The fourth-order valence-corrected chi connectivity index (χ4v) is 1.94. The molecule has 2 aromatic rings. The highest BCUT2D eigenvalue weighted by Gasteiger charge is 2.09. The summed E-state index contributed by atoms with van der Waals surface area (Å²) >= 11 is 0. The molecule has 0 radical (unpaired) electrons. The van der Waals surface area contributed by atoms with Gasteiger partial charge < -0.3 is 14.6 Å². The molecule has 2 rings (SSSR count). The summed E-state index contributed by atoms with van der Waals surface area (Å²) in [7, 11) is 0. The Kier molecular flexibility index (Phi) is 5.33. The summed E-state index contributed by atoms with van der Waals surface area (Å²) in [5.41, 5.74) is 2.36. The van der Waals surface area contributed by atoms with E-state index in [1.807, 2.05) is 19.1 Å². The predicted molar refractivity (Wildman–Crippen MR) is 81.2 cm³/mol. The van der Waals surface area contributed by atoms with Gasteiger partial charge >= 0.3 is 0 Å². The van der Waals surface area contributed by atoms with Crippen LogP contribution in [0.1, 0.15) is 43.6 Å². The van der Waals surface area contributed by atoms with E-state index in [0.29, 0.717) is 24.4 Å². The highest BCUT2D eigenvalue weighted by Crippen LogP contribution is 2.21. The molecular weight excluding hydrogens is 266 g/mol. The van der Waals surface area contributed by atoms with Gasteiger partial charge in [0.05, 0.1) is 0 Å². The molecule has 5 heteroatoms. The molecule has 0 spiro atoms. The van der Waals surface area contributed by atoms with Crippen molar-refractivity contribution in [3.8, 4) is 5.75 Å². The highest BCUT2D eigenvalue weighted by atomic mass is 16.5. The summed E-state index contributed by atoms with van der Waals surface area (Å²) in [5.74, 6) is 2.07. The Morgan fingerprint density at radius 2 is 2.14 bits per heavy atom. The second-order valence-electron chi connectivity index (χ2n) is 5.39. The molecule has 114 valence electrons. The van der Waals surface area contributed by atoms with Gasteiger partial charge in [-0.3, -0.25) is 0 Å². The van der Waals surface area contributed by atoms with Gasteiger partial charge in [0.1, 0.15) is 5.75 Å². The van der Waals surface area contributed by atoms with Crippen molar-refractivity contribution in [2.24, 2.45) is 0 Å². The molecule has 0 saturated heterocycles. The number of rotatable bonds is 7. The molecule has 5 nitrogen and oxygen atoms in total. The van der Waals surface area contributed by atoms with Gasteiger partial charge in [-0.15, -0.1) is 0 Å². The molecule has 0 bridgehead atoms. The fraction of sp³-hybridized carbons (Fsp3) is 0.500. The lowest BCUT2D eigenvalue weighted by atomic mass is 10.1. The summed E-state index contributed by atoms with van der Waals surface area (Å²) in [4.78, 5) is 4.25. The molecule has 0 atom stereocenters. The summed E-state index contributed by atoms with van der Waals surface area (Å²) < 4.78 is 10.9. The van der Waals surface area contributed by atoms with Crippen LogP contribution in [0.5, 0.6) is 5.75 Å². The number of nitrogens with one attached hydrogen (secondary N) is 1. The third-order valence-electron chi connectivity index (χ3n) is 3.09. The molecule has 0 aliphatic rings. The van der Waals surface area contributed by atoms with Crippen molar-refractivity contribution in [2.75, 3.05) is 0 Å². The van der Waals surface area contributed by atoms with E-state index in [0.717, 1.165) is 24.3 Å². The van der Waals surface area contributed by atoms with Gasteiger partial charge in [-0.1, -0.05) is 43.6 Å². The Balaban J connectivity index is 2.04. The minimum Gasteiger partial charge on any atom is -0.485 e. The second-order valence-corrected chi connectivity index (χ2v) is 5.39. The van der Waals surface area contributed by atoms with Crippen LogP contribution in [0.2, 0.25) is 0 Å². The number of nitrogens with zero attached hydrogens (tertiary/aromatic N) is 2. The second kappa shape index (κ2) is 7.22. The normalized spacial score (nSPS) is 11.1. The van der Waals surface area contributed by atoms with Gasteiger partial charge in [-0.25, -0.2) is 0 Å². The quantitative estimate of drug-likeness (QED) is 0.849. The van der Waals surface area contributed by atoms with Gasteiger partial charge in [0.25, 0.3) is 0 Å². The zero-order valence-corrected chi connectivity index (χ0v) is 13.1. The maximum absolute atomic E-state index is 5.84. The maximum atomic E-state index is 5.84. The maximum Gasteiger partial charge on any atom is 0.226 e. The molecule has 0 unspecified atom stereocenters. The molecule has 21 heavy (non-hydrogen) atoms. The molecule has 0 aliphatic heterocycles. The first-order chi connectivity index (χ1) is 10.1. The van der Waals surface area contributed by atoms with E-state index in [2.05, 4.69) is 42.3 Å². The van der Waals surface area contributed by atoms with Gasteiger partial charge in [0.2, 0.25) is 11.7 Å². The van der Waals surface area contributed by atoms with E-state index >= 15 is 0 Å². The fourth-order valence-electron chi connectivity index (χ4n) is 1.94. The van der Waals surface area contributed by atoms with Crippen molar-refractivity contribution in [1.82, 2.24) is 15.5 Å². The Bertz CT molecular complexity index is 579. The van der Waals surface area contributed by atoms with E-state index in [1.165, 1.54) is 5.56 Å². The minimum atomic E-state index is 0.321. The van der Waals surface area contributed by atoms with Crippen molar-refractivity contribution in [3.63, 3.8) is 0 Å². The number of benzene rings is 1.